The lowest BCUT2D eigenvalue weighted by molar-refractivity contribution is -0.136. The number of anilines is 1. The van der Waals surface area contributed by atoms with Crippen LogP contribution in [0.1, 0.15) is 47.2 Å². The number of phenols is 1. The number of rotatable bonds is 4. The van der Waals surface area contributed by atoms with Gasteiger partial charge in [-0.3, -0.25) is 19.3 Å². The molecule has 1 spiro atoms. The number of aliphatic hydroxyl groups excluding tert-OH is 2. The summed E-state index contributed by atoms with van der Waals surface area (Å²) < 4.78 is 0. The summed E-state index contributed by atoms with van der Waals surface area (Å²) in [5.41, 5.74) is 5.21. The summed E-state index contributed by atoms with van der Waals surface area (Å²) >= 11 is 0. The average molecular weight is 567 g/mol. The fraction of sp³-hybridized carbons (Fsp3) is 0.567. The number of nitrogens with two attached hydrogens (primary N) is 1. The van der Waals surface area contributed by atoms with Crippen molar-refractivity contribution in [3.8, 4) is 5.75 Å². The highest BCUT2D eigenvalue weighted by molar-refractivity contribution is 6.22. The van der Waals surface area contributed by atoms with Gasteiger partial charge in [0, 0.05) is 50.8 Å². The predicted molar refractivity (Wildman–Crippen MR) is 150 cm³/mol. The van der Waals surface area contributed by atoms with E-state index >= 15 is 0 Å². The van der Waals surface area contributed by atoms with Crippen LogP contribution in [0.5, 0.6) is 5.75 Å². The van der Waals surface area contributed by atoms with Crippen LogP contribution in [0.15, 0.2) is 28.7 Å². The van der Waals surface area contributed by atoms with E-state index in [-0.39, 0.29) is 41.4 Å². The third-order valence-electron chi connectivity index (χ3n) is 10.2. The zero-order valence-electron chi connectivity index (χ0n) is 23.9. The van der Waals surface area contributed by atoms with Crippen LogP contribution >= 0.6 is 0 Å². The minimum absolute atomic E-state index is 0.0261. The fourth-order valence-corrected chi connectivity index (χ4v) is 7.82. The Hall–Kier alpha value is -3.57. The molecule has 1 aromatic carbocycles. The van der Waals surface area contributed by atoms with Crippen molar-refractivity contribution in [1.29, 1.82) is 0 Å². The molecule has 41 heavy (non-hydrogen) atoms. The fourth-order valence-electron chi connectivity index (χ4n) is 7.82. The van der Waals surface area contributed by atoms with E-state index in [0.717, 1.165) is 30.5 Å². The molecule has 11 heteroatoms. The Balaban J connectivity index is 1.47. The van der Waals surface area contributed by atoms with Crippen LogP contribution < -0.4 is 10.6 Å². The number of ketones is 1. The van der Waals surface area contributed by atoms with Crippen molar-refractivity contribution in [2.24, 2.45) is 23.0 Å². The second-order valence-corrected chi connectivity index (χ2v) is 13.0. The van der Waals surface area contributed by atoms with Crippen LogP contribution in [-0.4, -0.2) is 101 Å². The molecular formula is C30H38N4O7. The molecule has 5 aliphatic rings. The molecule has 1 heterocycles. The highest BCUT2D eigenvalue weighted by Crippen LogP contribution is 2.55. The number of fused-ring (bicyclic) bond motifs is 3. The number of hydrogen-bond donors (Lipinski definition) is 5. The van der Waals surface area contributed by atoms with Gasteiger partial charge in [0.05, 0.1) is 11.6 Å². The molecule has 1 saturated heterocycles. The van der Waals surface area contributed by atoms with Crippen molar-refractivity contribution in [2.75, 3.05) is 46.2 Å². The molecule has 0 radical (unpaired) electrons. The molecule has 0 aromatic heterocycles. The van der Waals surface area contributed by atoms with Gasteiger partial charge in [0.2, 0.25) is 0 Å². The molecule has 1 aliphatic heterocycles. The normalized spacial score (nSPS) is 30.0. The molecule has 1 aromatic rings. The number of nitrogens with zero attached hydrogens (tertiary/aromatic N) is 3. The van der Waals surface area contributed by atoms with E-state index in [1.54, 1.807) is 30.0 Å². The zero-order chi connectivity index (χ0) is 29.8. The van der Waals surface area contributed by atoms with Crippen molar-refractivity contribution >= 4 is 23.3 Å². The van der Waals surface area contributed by atoms with E-state index in [9.17, 15) is 34.8 Å². The number of Topliss-reactive ketones (excluding diaryl/α,β-unsaturated/α-hetero) is 1. The van der Waals surface area contributed by atoms with Crippen molar-refractivity contribution in [2.45, 2.75) is 50.2 Å². The molecule has 6 N–H and O–H groups in total. The van der Waals surface area contributed by atoms with Crippen molar-refractivity contribution < 1.29 is 34.8 Å². The first-order valence-electron chi connectivity index (χ1n) is 14.1. The van der Waals surface area contributed by atoms with Crippen LogP contribution in [-0.2, 0) is 22.4 Å². The van der Waals surface area contributed by atoms with E-state index in [0.29, 0.717) is 30.6 Å². The second kappa shape index (κ2) is 8.96. The van der Waals surface area contributed by atoms with Crippen LogP contribution in [0.2, 0.25) is 0 Å². The number of likely N-dealkylation sites (N-methyl/N-ethyl adjacent to an activating group) is 1. The topological polar surface area (TPSA) is 168 Å². The Morgan fingerprint density at radius 2 is 1.73 bits per heavy atom. The molecule has 0 unspecified atom stereocenters. The van der Waals surface area contributed by atoms with E-state index < -0.39 is 46.3 Å². The molecule has 220 valence electrons. The van der Waals surface area contributed by atoms with Crippen molar-refractivity contribution in [3.63, 3.8) is 0 Å². The van der Waals surface area contributed by atoms with Gasteiger partial charge in [-0.1, -0.05) is 0 Å². The minimum atomic E-state index is -2.40. The van der Waals surface area contributed by atoms with Crippen LogP contribution in [0.25, 0.3) is 0 Å². The number of hydrogen-bond acceptors (Lipinski definition) is 9. The standard InChI is InChI=1S/C30H38N4O7/c1-32(2)20-12-18(28(40)34-8-7-29(13-34)5-6-29)23(35)17-11-15-14(9-16(17)20)10-19-22(33(3)4)24(36)21(27(31)39)26(38)30(19,41)25(15)37/h12,14,19,22,35,37-38,41H,5-11,13H2,1-4H3,(H2,31,39)/t14-,19-,22-,30-/m0/s1. The number of allylic oxidation sites excluding steroid dienone is 1. The Bertz CT molecular complexity index is 1460. The summed E-state index contributed by atoms with van der Waals surface area (Å²) in [5, 5.41) is 46.1. The molecule has 2 amide bonds. The maximum absolute atomic E-state index is 13.6. The third kappa shape index (κ3) is 3.81. The van der Waals surface area contributed by atoms with E-state index in [1.165, 1.54) is 0 Å². The van der Waals surface area contributed by atoms with E-state index in [4.69, 9.17) is 5.73 Å². The Morgan fingerprint density at radius 3 is 2.29 bits per heavy atom. The third-order valence-corrected chi connectivity index (χ3v) is 10.2. The summed E-state index contributed by atoms with van der Waals surface area (Å²) in [6, 6.07) is 0.725. The maximum Gasteiger partial charge on any atom is 0.257 e. The monoisotopic (exact) mass is 566 g/mol. The highest BCUT2D eigenvalue weighted by Gasteiger charge is 2.61. The molecule has 4 aliphatic carbocycles. The summed E-state index contributed by atoms with van der Waals surface area (Å²) in [5.74, 6) is -5.04. The lowest BCUT2D eigenvalue weighted by atomic mass is 9.59. The number of carbonyl (C=O) groups excluding carboxylic acids is 3. The average Bonchev–Trinajstić information content (AvgIpc) is 3.53. The van der Waals surface area contributed by atoms with E-state index in [1.807, 2.05) is 19.0 Å². The first-order valence-corrected chi connectivity index (χ1v) is 14.1. The van der Waals surface area contributed by atoms with Crippen molar-refractivity contribution in [3.05, 3.63) is 45.4 Å². The number of carbonyl (C=O) groups is 3. The van der Waals surface area contributed by atoms with Gasteiger partial charge in [-0.15, -0.1) is 0 Å². The summed E-state index contributed by atoms with van der Waals surface area (Å²) in [7, 11) is 6.99. The van der Waals surface area contributed by atoms with Gasteiger partial charge in [0.1, 0.15) is 22.8 Å². The molecule has 2 fully saturated rings. The summed E-state index contributed by atoms with van der Waals surface area (Å²) in [6.07, 6.45) is 3.84. The number of aromatic hydroxyl groups is 1. The number of amides is 2. The predicted octanol–water partition coefficient (Wildman–Crippen LogP) is 1.17. The number of likely N-dealkylation sites (tertiary alicyclic amines) is 1. The van der Waals surface area contributed by atoms with Gasteiger partial charge < -0.3 is 36.0 Å². The van der Waals surface area contributed by atoms with Crippen LogP contribution in [0, 0.1) is 17.3 Å². The minimum Gasteiger partial charge on any atom is -0.509 e. The number of primary amides is 1. The summed E-state index contributed by atoms with van der Waals surface area (Å²) in [4.78, 5) is 44.4. The largest absolute Gasteiger partial charge is 0.509 e. The lowest BCUT2D eigenvalue weighted by Crippen LogP contribution is -2.62. The zero-order valence-corrected chi connectivity index (χ0v) is 23.9. The number of phenolic OH excluding ortho intramolecular Hbond substituents is 1. The highest BCUT2D eigenvalue weighted by atomic mass is 16.4. The molecule has 0 bridgehead atoms. The van der Waals surface area contributed by atoms with Crippen molar-refractivity contribution in [1.82, 2.24) is 9.80 Å². The van der Waals surface area contributed by atoms with Gasteiger partial charge in [-0.25, -0.2) is 0 Å². The smallest absolute Gasteiger partial charge is 0.257 e. The molecular weight excluding hydrogens is 528 g/mol. The SMILES string of the molecule is CN(C)c1cc(C(=O)N2CCC3(CC3)C2)c(O)c2c1C[C@H]1C[C@H]3[C@H](N(C)C)C(=O)C(C(N)=O)=C(O)[C@@]3(O)C(O)=C1C2. The Morgan fingerprint density at radius 1 is 1.05 bits per heavy atom. The lowest BCUT2D eigenvalue weighted by Gasteiger charge is -2.51. The molecule has 1 saturated carbocycles. The van der Waals surface area contributed by atoms with Gasteiger partial charge in [-0.05, 0) is 74.7 Å². The van der Waals surface area contributed by atoms with Crippen LogP contribution in [0.3, 0.4) is 0 Å². The maximum atomic E-state index is 13.6. The number of aliphatic hydroxyl groups is 3. The summed E-state index contributed by atoms with van der Waals surface area (Å²) in [6.45, 7) is 1.33. The van der Waals surface area contributed by atoms with Gasteiger partial charge in [-0.2, -0.15) is 0 Å². The van der Waals surface area contributed by atoms with Gasteiger partial charge in [0.25, 0.3) is 11.8 Å². The van der Waals surface area contributed by atoms with Crippen LogP contribution in [0.4, 0.5) is 5.69 Å². The molecule has 11 nitrogen and oxygen atoms in total. The number of benzene rings is 1. The Kier molecular flexibility index (Phi) is 6.03. The molecule has 4 atom stereocenters. The molecule has 6 rings (SSSR count). The second-order valence-electron chi connectivity index (χ2n) is 13.0. The first-order chi connectivity index (χ1) is 19.2. The Labute approximate surface area is 238 Å². The van der Waals surface area contributed by atoms with Gasteiger partial charge in [0.15, 0.2) is 11.4 Å². The quantitative estimate of drug-likeness (QED) is 0.336. The van der Waals surface area contributed by atoms with Gasteiger partial charge >= 0.3 is 0 Å². The first kappa shape index (κ1) is 27.6. The van der Waals surface area contributed by atoms with E-state index in [2.05, 4.69) is 0 Å².